The Bertz CT molecular complexity index is 2810. The van der Waals surface area contributed by atoms with E-state index >= 15 is 0 Å². The molecule has 83 heavy (non-hydrogen) atoms. The highest BCUT2D eigenvalue weighted by molar-refractivity contribution is 6.99. The first-order chi connectivity index (χ1) is 39.4. The third-order valence-electron chi connectivity index (χ3n) is 16.9. The van der Waals surface area contributed by atoms with Crippen molar-refractivity contribution in [2.75, 3.05) is 34.7 Å². The number of ether oxygens (including phenoxy) is 5. The fourth-order valence-corrected chi connectivity index (χ4v) is 16.8. The smallest absolute Gasteiger partial charge is 0.308 e. The minimum Gasteiger partial charge on any atom is -0.462 e. The Morgan fingerprint density at radius 1 is 0.771 bits per heavy atom. The largest absolute Gasteiger partial charge is 0.462 e. The van der Waals surface area contributed by atoms with Crippen LogP contribution in [0.5, 0.6) is 0 Å². The number of methoxy groups -OCH3 is 3. The van der Waals surface area contributed by atoms with E-state index in [0.29, 0.717) is 74.5 Å². The molecule has 0 aliphatic carbocycles. The van der Waals surface area contributed by atoms with Gasteiger partial charge in [-0.25, -0.2) is 15.0 Å². The molecule has 6 rings (SSSR count). The highest BCUT2D eigenvalue weighted by Crippen LogP contribution is 2.41. The van der Waals surface area contributed by atoms with E-state index in [1.165, 1.54) is 42.3 Å². The van der Waals surface area contributed by atoms with Gasteiger partial charge in [0.05, 0.1) is 30.8 Å². The van der Waals surface area contributed by atoms with Crippen LogP contribution in [0.3, 0.4) is 0 Å². The number of ketones is 2. The maximum Gasteiger partial charge on any atom is 0.308 e. The number of hydrogen-bond acceptors (Lipinski definition) is 16. The van der Waals surface area contributed by atoms with Gasteiger partial charge in [0.1, 0.15) is 43.2 Å². The Labute approximate surface area is 495 Å². The first-order valence-corrected chi connectivity index (χ1v) is 34.3. The molecular weight excluding hydrogens is 1090 g/mol. The highest BCUT2D eigenvalue weighted by Gasteiger charge is 2.50. The van der Waals surface area contributed by atoms with Crippen LogP contribution in [0.15, 0.2) is 105 Å². The molecule has 16 nitrogen and oxygen atoms in total. The van der Waals surface area contributed by atoms with Crippen LogP contribution in [0.2, 0.25) is 23.2 Å². The van der Waals surface area contributed by atoms with Crippen LogP contribution in [-0.4, -0.2) is 114 Å². The van der Waals surface area contributed by atoms with Gasteiger partial charge in [0.2, 0.25) is 17.7 Å². The lowest BCUT2D eigenvalue weighted by Crippen LogP contribution is -2.66. The van der Waals surface area contributed by atoms with Crippen molar-refractivity contribution in [1.29, 1.82) is 0 Å². The van der Waals surface area contributed by atoms with E-state index in [1.54, 1.807) is 26.4 Å². The van der Waals surface area contributed by atoms with Crippen LogP contribution in [0.1, 0.15) is 139 Å². The Kier molecular flexibility index (Phi) is 24.6. The fraction of sp³-hybridized carbons (Fsp3) is 0.569. The van der Waals surface area contributed by atoms with E-state index < -0.39 is 52.9 Å². The predicted molar refractivity (Wildman–Crippen MR) is 328 cm³/mol. The number of rotatable bonds is 22. The minimum atomic E-state index is -2.79. The van der Waals surface area contributed by atoms with Crippen LogP contribution in [0.25, 0.3) is 35.3 Å². The van der Waals surface area contributed by atoms with Crippen LogP contribution >= 0.6 is 0 Å². The van der Waals surface area contributed by atoms with E-state index in [0.717, 1.165) is 0 Å². The number of hydrogen-bond donors (Lipinski definition) is 0. The zero-order valence-electron chi connectivity index (χ0n) is 51.9. The topological polar surface area (TPSA) is 194 Å². The van der Waals surface area contributed by atoms with Gasteiger partial charge in [-0.1, -0.05) is 136 Å². The van der Waals surface area contributed by atoms with Crippen molar-refractivity contribution in [3.05, 3.63) is 103 Å². The van der Waals surface area contributed by atoms with Crippen LogP contribution in [0, 0.1) is 23.7 Å². The molecule has 1 aliphatic heterocycles. The number of benzene rings is 2. The average molecular weight is 1180 g/mol. The number of nitrogens with zero attached hydrogens (tertiary/aromatic N) is 3. The second kappa shape index (κ2) is 30.6. The fourth-order valence-electron chi connectivity index (χ4n) is 10.8. The molecule has 6 bridgehead atoms. The molecule has 0 spiro atoms. The second-order valence-electron chi connectivity index (χ2n) is 25.0. The number of esters is 1. The summed E-state index contributed by atoms with van der Waals surface area (Å²) in [7, 11) is -0.347. The summed E-state index contributed by atoms with van der Waals surface area (Å²) in [6.45, 7) is 26.9. The Morgan fingerprint density at radius 3 is 2.04 bits per heavy atom. The number of aromatic nitrogens is 3. The summed E-state index contributed by atoms with van der Waals surface area (Å²) >= 11 is 0. The van der Waals surface area contributed by atoms with Gasteiger partial charge in [-0.15, -0.1) is 0 Å². The van der Waals surface area contributed by atoms with Crippen molar-refractivity contribution in [1.82, 2.24) is 15.0 Å². The number of carbonyl (C=O) groups excluding carboxylic acids is 3. The molecule has 18 heteroatoms. The number of allylic oxidation sites excluding steroid dienone is 1. The van der Waals surface area contributed by atoms with E-state index in [2.05, 4.69) is 144 Å². The summed E-state index contributed by atoms with van der Waals surface area (Å²) in [6.07, 6.45) is 11.8. The molecule has 1 aliphatic rings. The molecule has 0 radical (unpaired) electrons. The molecule has 5 aromatic rings. The zero-order chi connectivity index (χ0) is 60.5. The molecule has 0 N–H and O–H groups in total. The SMILES string of the molecule is COCOC1CCCC(=O)/C=C/c2coc(n2)-c2coc(n2)-c2coc(n2)/C=C/CC(OC)C(C)C(CC(OC)C(C)CCC(=O)C(C)C(O[Si](C)(C)C(C)(C)C)C(C)CCO[Si](c2ccccc2)(c2ccccc2)C(C)(C)C)OC(=O)C1. The van der Waals surface area contributed by atoms with E-state index in [4.69, 9.17) is 45.8 Å². The number of carbonyl (C=O) groups is 3. The normalized spacial score (nSPS) is 21.0. The summed E-state index contributed by atoms with van der Waals surface area (Å²) in [5.74, 6) is -0.570. The van der Waals surface area contributed by atoms with Crippen molar-refractivity contribution in [3.8, 4) is 23.2 Å². The molecule has 0 saturated heterocycles. The predicted octanol–water partition coefficient (Wildman–Crippen LogP) is 13.1. The number of fused-ring (bicyclic) bond motifs is 8. The van der Waals surface area contributed by atoms with Gasteiger partial charge in [0.15, 0.2) is 25.5 Å². The molecule has 4 heterocycles. The quantitative estimate of drug-likeness (QED) is 0.0360. The second-order valence-corrected chi connectivity index (χ2v) is 34.0. The molecule has 0 fully saturated rings. The molecule has 454 valence electrons. The lowest BCUT2D eigenvalue weighted by atomic mass is 9.84. The van der Waals surface area contributed by atoms with E-state index in [1.807, 2.05) is 19.9 Å². The summed E-state index contributed by atoms with van der Waals surface area (Å²) in [4.78, 5) is 55.4. The van der Waals surface area contributed by atoms with Gasteiger partial charge >= 0.3 is 5.97 Å². The number of cyclic esters (lactones) is 1. The Balaban J connectivity index is 1.19. The van der Waals surface area contributed by atoms with Crippen molar-refractivity contribution in [3.63, 3.8) is 0 Å². The summed E-state index contributed by atoms with van der Waals surface area (Å²) in [5.41, 5.74) is 1.15. The maximum absolute atomic E-state index is 14.7. The van der Waals surface area contributed by atoms with Crippen LogP contribution in [-0.2, 0) is 46.9 Å². The molecule has 0 amide bonds. The summed E-state index contributed by atoms with van der Waals surface area (Å²) in [6, 6.07) is 21.4. The van der Waals surface area contributed by atoms with Gasteiger partial charge < -0.3 is 45.8 Å². The monoisotopic (exact) mass is 1180 g/mol. The Morgan fingerprint density at radius 2 is 1.41 bits per heavy atom. The first-order valence-electron chi connectivity index (χ1n) is 29.5. The van der Waals surface area contributed by atoms with Gasteiger partial charge in [-0.2, -0.15) is 0 Å². The molecule has 9 atom stereocenters. The van der Waals surface area contributed by atoms with Crippen LogP contribution < -0.4 is 10.4 Å². The molecule has 3 aromatic heterocycles. The Hall–Kier alpha value is -5.45. The van der Waals surface area contributed by atoms with Gasteiger partial charge in [0, 0.05) is 59.0 Å². The molecule has 0 saturated carbocycles. The average Bonchev–Trinajstić information content (AvgIpc) is 3.70. The number of oxazole rings is 3. The maximum atomic E-state index is 14.7. The highest BCUT2D eigenvalue weighted by atomic mass is 28.4. The minimum absolute atomic E-state index is 0.00856. The van der Waals surface area contributed by atoms with Crippen LogP contribution in [0.4, 0.5) is 0 Å². The molecule has 9 unspecified atom stereocenters. The third kappa shape index (κ3) is 18.0. The summed E-state index contributed by atoms with van der Waals surface area (Å²) in [5, 5.41) is 2.21. The molecule has 2 aromatic carbocycles. The first kappa shape index (κ1) is 66.7. The van der Waals surface area contributed by atoms with Crippen molar-refractivity contribution < 1.29 is 60.2 Å². The van der Waals surface area contributed by atoms with Crippen molar-refractivity contribution >= 4 is 56.7 Å². The van der Waals surface area contributed by atoms with Crippen molar-refractivity contribution in [2.45, 2.75) is 181 Å². The summed E-state index contributed by atoms with van der Waals surface area (Å²) < 4.78 is 61.8. The number of Topliss-reactive ketones (excluding diaryl/α,β-unsaturated/α-hetero) is 1. The molecular formula is C65H93N3O13Si2. The standard InChI is InChI=1S/C65H93N3O13Si2/c1-44(32-35-55(70)46(3)61(81-82(14,15)64(5,6)7)45(2)36-37-79-83(65(8,9)10,51-26-18-16-19-27-51)52-28-20-17-21-29-52)57(74-13)39-58-47(4)56(73-12)30-23-31-59-67-53(41-75-59)63-68-54(42-77-63)62-66-48(40-76-62)33-34-49(69)24-22-25-50(78-43-72-11)38-60(71)80-58/h16-21,23,26-29,31,33-34,40-42,44-47,50,56-58,61H,22,24-25,30,32,35-39,43H2,1-15H3/b31-23+,34-33+. The lowest BCUT2D eigenvalue weighted by molar-refractivity contribution is -0.163. The zero-order valence-corrected chi connectivity index (χ0v) is 53.9. The van der Waals surface area contributed by atoms with Gasteiger partial charge in [0.25, 0.3) is 8.32 Å². The van der Waals surface area contributed by atoms with Gasteiger partial charge in [-0.05, 0) is 95.7 Å². The van der Waals surface area contributed by atoms with Gasteiger partial charge in [-0.3, -0.25) is 14.4 Å². The lowest BCUT2D eigenvalue weighted by Gasteiger charge is -2.44. The van der Waals surface area contributed by atoms with Crippen molar-refractivity contribution in [2.24, 2.45) is 23.7 Å². The third-order valence-corrected chi connectivity index (χ3v) is 26.4. The van der Waals surface area contributed by atoms with E-state index in [9.17, 15) is 14.4 Å². The van der Waals surface area contributed by atoms with E-state index in [-0.39, 0.29) is 76.9 Å².